The third-order valence-electron chi connectivity index (χ3n) is 8.79. The van der Waals surface area contributed by atoms with Crippen LogP contribution in [0, 0.1) is 12.1 Å². The molecule has 0 saturated carbocycles. The van der Waals surface area contributed by atoms with Crippen LogP contribution in [0.4, 0.5) is 0 Å². The number of nitrogens with zero attached hydrogens (tertiary/aromatic N) is 2. The maximum absolute atomic E-state index is 3.11. The zero-order valence-corrected chi connectivity index (χ0v) is 23.9. The first kappa shape index (κ1) is 24.5. The van der Waals surface area contributed by atoms with Crippen LogP contribution in [0.25, 0.3) is 77.2 Å². The lowest BCUT2D eigenvalue weighted by Crippen LogP contribution is -1.93. The highest BCUT2D eigenvalue weighted by Gasteiger charge is 2.16. The van der Waals surface area contributed by atoms with Gasteiger partial charge < -0.3 is 9.13 Å². The minimum absolute atomic E-state index is 1.14. The molecule has 0 aliphatic rings. The topological polar surface area (TPSA) is 9.86 Å². The predicted octanol–water partition coefficient (Wildman–Crippen LogP) is 10.8. The van der Waals surface area contributed by atoms with Crippen LogP contribution in [0.5, 0.6) is 0 Å². The van der Waals surface area contributed by atoms with Crippen LogP contribution in [0.3, 0.4) is 0 Å². The summed E-state index contributed by atoms with van der Waals surface area (Å²) in [7, 11) is 0. The highest BCUT2D eigenvalue weighted by atomic mass is 15.0. The van der Waals surface area contributed by atoms with Gasteiger partial charge in [0.25, 0.3) is 0 Å². The van der Waals surface area contributed by atoms with Crippen LogP contribution in [-0.4, -0.2) is 9.13 Å². The number of rotatable bonds is 4. The molecule has 0 aliphatic heterocycles. The standard InChI is InChI=1S/C42H26N2/c1-4-12-29(13-5-1)32-20-23-36-38-27-31(22-25-41(38)44(42(36)28-32)34-16-8-3-9-17-34)30-21-24-40-37(26-30)35-18-10-11-19-39(35)43(40)33-14-6-2-7-15-33/h2-4,6-28H. The summed E-state index contributed by atoms with van der Waals surface area (Å²) in [6, 6.07) is 62.7. The van der Waals surface area contributed by atoms with Gasteiger partial charge in [0.2, 0.25) is 0 Å². The van der Waals surface area contributed by atoms with Crippen LogP contribution < -0.4 is 0 Å². The summed E-state index contributed by atoms with van der Waals surface area (Å²) in [5, 5.41) is 5.00. The monoisotopic (exact) mass is 558 g/mol. The van der Waals surface area contributed by atoms with Crippen LogP contribution in [0.2, 0.25) is 0 Å². The minimum Gasteiger partial charge on any atom is -0.309 e. The van der Waals surface area contributed by atoms with Crippen molar-refractivity contribution in [3.05, 3.63) is 170 Å². The molecule has 7 aromatic carbocycles. The summed E-state index contributed by atoms with van der Waals surface area (Å²) in [6.07, 6.45) is 0. The van der Waals surface area contributed by atoms with E-state index in [9.17, 15) is 0 Å². The zero-order valence-electron chi connectivity index (χ0n) is 23.9. The number of fused-ring (bicyclic) bond motifs is 6. The van der Waals surface area contributed by atoms with Gasteiger partial charge in [-0.1, -0.05) is 91.0 Å². The van der Waals surface area contributed by atoms with Gasteiger partial charge in [-0.3, -0.25) is 0 Å². The van der Waals surface area contributed by atoms with Gasteiger partial charge >= 0.3 is 0 Å². The molecular formula is C42H26N2. The summed E-state index contributed by atoms with van der Waals surface area (Å²) in [6.45, 7) is 0. The molecule has 204 valence electrons. The van der Waals surface area contributed by atoms with Gasteiger partial charge in [0.05, 0.1) is 22.1 Å². The number of hydrogen-bond acceptors (Lipinski definition) is 0. The Morgan fingerprint density at radius 2 is 0.864 bits per heavy atom. The van der Waals surface area contributed by atoms with Gasteiger partial charge in [-0.15, -0.1) is 0 Å². The van der Waals surface area contributed by atoms with Gasteiger partial charge in [-0.2, -0.15) is 0 Å². The largest absolute Gasteiger partial charge is 0.309 e. The number of para-hydroxylation sites is 3. The normalized spacial score (nSPS) is 11.5. The number of aromatic nitrogens is 2. The van der Waals surface area contributed by atoms with E-state index in [1.54, 1.807) is 0 Å². The number of benzene rings is 6. The first-order chi connectivity index (χ1) is 21.8. The Kier molecular flexibility index (Phi) is 5.45. The molecule has 0 atom stereocenters. The summed E-state index contributed by atoms with van der Waals surface area (Å²) >= 11 is 0. The molecule has 0 N–H and O–H groups in total. The molecule has 0 aliphatic carbocycles. The van der Waals surface area contributed by atoms with Gasteiger partial charge in [-0.25, -0.2) is 0 Å². The molecule has 0 bridgehead atoms. The molecule has 0 unspecified atom stereocenters. The lowest BCUT2D eigenvalue weighted by molar-refractivity contribution is 1.18. The smallest absolute Gasteiger partial charge is 0.0547 e. The average molecular weight is 559 g/mol. The van der Waals surface area contributed by atoms with Crippen molar-refractivity contribution in [2.24, 2.45) is 0 Å². The van der Waals surface area contributed by atoms with E-state index in [0.29, 0.717) is 0 Å². The Labute approximate surface area is 255 Å². The Morgan fingerprint density at radius 3 is 1.50 bits per heavy atom. The molecule has 2 heteroatoms. The van der Waals surface area contributed by atoms with E-state index >= 15 is 0 Å². The highest BCUT2D eigenvalue weighted by molar-refractivity contribution is 6.13. The quantitative estimate of drug-likeness (QED) is 0.203. The second-order valence-electron chi connectivity index (χ2n) is 11.3. The van der Waals surface area contributed by atoms with Crippen LogP contribution in [0.1, 0.15) is 0 Å². The van der Waals surface area contributed by atoms with E-state index in [2.05, 4.69) is 167 Å². The Bertz CT molecular complexity index is 2470. The molecule has 0 amide bonds. The zero-order chi connectivity index (χ0) is 29.0. The van der Waals surface area contributed by atoms with Crippen LogP contribution >= 0.6 is 0 Å². The van der Waals surface area contributed by atoms with Crippen molar-refractivity contribution in [1.82, 2.24) is 9.13 Å². The predicted molar refractivity (Wildman–Crippen MR) is 184 cm³/mol. The Balaban J connectivity index is 1.26. The molecule has 2 heterocycles. The first-order valence-corrected chi connectivity index (χ1v) is 14.9. The fraction of sp³-hybridized carbons (Fsp3) is 0. The lowest BCUT2D eigenvalue weighted by atomic mass is 10.00. The average Bonchev–Trinajstić information content (AvgIpc) is 3.61. The number of hydrogen-bond donors (Lipinski definition) is 0. The van der Waals surface area contributed by atoms with Gasteiger partial charge in [0.15, 0.2) is 0 Å². The van der Waals surface area contributed by atoms with Crippen LogP contribution in [0.15, 0.2) is 158 Å². The SMILES string of the molecule is c1ccc(-c2ccc3c4cc(-c5ccc6c(c5)c5ccccc5n6-c5ccccc5)ccc4n(-c4ccccc4)c3c2)cc#1. The van der Waals surface area contributed by atoms with E-state index in [1.165, 1.54) is 66.0 Å². The summed E-state index contributed by atoms with van der Waals surface area (Å²) < 4.78 is 4.75. The molecular weight excluding hydrogens is 532 g/mol. The summed E-state index contributed by atoms with van der Waals surface area (Å²) in [5.74, 6) is 0. The van der Waals surface area contributed by atoms with E-state index in [-0.39, 0.29) is 0 Å². The van der Waals surface area contributed by atoms with Crippen molar-refractivity contribution in [1.29, 1.82) is 0 Å². The maximum atomic E-state index is 3.11. The van der Waals surface area contributed by atoms with Gasteiger partial charge in [0, 0.05) is 32.9 Å². The molecule has 0 fully saturated rings. The Hall–Kier alpha value is -6.04. The fourth-order valence-electron chi connectivity index (χ4n) is 6.77. The van der Waals surface area contributed by atoms with Gasteiger partial charge in [0.1, 0.15) is 0 Å². The molecule has 0 spiro atoms. The van der Waals surface area contributed by atoms with Crippen molar-refractivity contribution < 1.29 is 0 Å². The second-order valence-corrected chi connectivity index (χ2v) is 11.3. The van der Waals surface area contributed by atoms with Crippen molar-refractivity contribution >= 4 is 43.6 Å². The van der Waals surface area contributed by atoms with Crippen molar-refractivity contribution in [2.75, 3.05) is 0 Å². The molecule has 44 heavy (non-hydrogen) atoms. The molecule has 9 aromatic rings. The fourth-order valence-corrected chi connectivity index (χ4v) is 6.77. The third-order valence-corrected chi connectivity index (χ3v) is 8.79. The first-order valence-electron chi connectivity index (χ1n) is 14.9. The molecule has 2 aromatic heterocycles. The molecule has 2 nitrogen and oxygen atoms in total. The minimum atomic E-state index is 1.14. The summed E-state index contributed by atoms with van der Waals surface area (Å²) in [5.41, 5.74) is 11.9. The second kappa shape index (κ2) is 9.76. The maximum Gasteiger partial charge on any atom is 0.0547 e. The molecule has 9 rings (SSSR count). The van der Waals surface area contributed by atoms with Gasteiger partial charge in [-0.05, 0) is 101 Å². The van der Waals surface area contributed by atoms with E-state index in [4.69, 9.17) is 0 Å². The summed E-state index contributed by atoms with van der Waals surface area (Å²) in [4.78, 5) is 0. The lowest BCUT2D eigenvalue weighted by Gasteiger charge is -2.09. The third kappa shape index (κ3) is 3.77. The van der Waals surface area contributed by atoms with E-state index < -0.39 is 0 Å². The van der Waals surface area contributed by atoms with Crippen molar-refractivity contribution in [2.45, 2.75) is 0 Å². The Morgan fingerprint density at radius 1 is 0.341 bits per heavy atom. The van der Waals surface area contributed by atoms with E-state index in [0.717, 1.165) is 11.3 Å². The molecule has 0 radical (unpaired) electrons. The van der Waals surface area contributed by atoms with E-state index in [1.807, 2.05) is 12.1 Å². The van der Waals surface area contributed by atoms with Crippen molar-refractivity contribution in [3.63, 3.8) is 0 Å². The highest BCUT2D eigenvalue weighted by Crippen LogP contribution is 2.39. The van der Waals surface area contributed by atoms with Crippen LogP contribution in [-0.2, 0) is 0 Å². The van der Waals surface area contributed by atoms with Crippen molar-refractivity contribution in [3.8, 4) is 33.6 Å². The molecule has 0 saturated heterocycles.